The monoisotopic (exact) mass is 778 g/mol. The first-order valence-corrected chi connectivity index (χ1v) is 22.4. The lowest BCUT2D eigenvalue weighted by molar-refractivity contribution is -0.302. The molecular formula is C46H83NO8. The molecule has 0 aromatic rings. The van der Waals surface area contributed by atoms with Gasteiger partial charge in [-0.1, -0.05) is 165 Å². The van der Waals surface area contributed by atoms with Crippen LogP contribution in [0, 0.1) is 0 Å². The number of allylic oxidation sites excluding steroid dienone is 7. The van der Waals surface area contributed by atoms with Crippen LogP contribution in [0.3, 0.4) is 0 Å². The molecule has 1 rings (SSSR count). The van der Waals surface area contributed by atoms with Crippen molar-refractivity contribution in [2.24, 2.45) is 0 Å². The molecule has 1 amide bonds. The number of nitrogens with one attached hydrogen (secondary N) is 1. The van der Waals surface area contributed by atoms with Crippen LogP contribution in [0.15, 0.2) is 48.6 Å². The fourth-order valence-corrected chi connectivity index (χ4v) is 6.75. The Morgan fingerprint density at radius 2 is 1.07 bits per heavy atom. The highest BCUT2D eigenvalue weighted by molar-refractivity contribution is 5.76. The predicted octanol–water partition coefficient (Wildman–Crippen LogP) is 9.06. The third-order valence-corrected chi connectivity index (χ3v) is 10.4. The van der Waals surface area contributed by atoms with Crippen LogP contribution in [-0.4, -0.2) is 87.5 Å². The molecule has 1 fully saturated rings. The van der Waals surface area contributed by atoms with Crippen molar-refractivity contribution in [1.82, 2.24) is 5.32 Å². The van der Waals surface area contributed by atoms with Gasteiger partial charge in [-0.3, -0.25) is 4.79 Å². The van der Waals surface area contributed by atoms with E-state index in [1.165, 1.54) is 109 Å². The molecule has 6 N–H and O–H groups in total. The molecule has 0 aromatic carbocycles. The van der Waals surface area contributed by atoms with E-state index in [4.69, 9.17) is 9.47 Å². The van der Waals surface area contributed by atoms with Crippen molar-refractivity contribution in [3.05, 3.63) is 48.6 Å². The first-order valence-electron chi connectivity index (χ1n) is 22.4. The Hall–Kier alpha value is -1.85. The van der Waals surface area contributed by atoms with Crippen LogP contribution in [0.1, 0.15) is 181 Å². The minimum Gasteiger partial charge on any atom is -0.394 e. The van der Waals surface area contributed by atoms with Gasteiger partial charge >= 0.3 is 0 Å². The van der Waals surface area contributed by atoms with Gasteiger partial charge in [0.05, 0.1) is 25.4 Å². The van der Waals surface area contributed by atoms with Gasteiger partial charge in [0.25, 0.3) is 0 Å². The number of amides is 1. The van der Waals surface area contributed by atoms with Gasteiger partial charge in [-0.15, -0.1) is 0 Å². The second-order valence-corrected chi connectivity index (χ2v) is 15.5. The van der Waals surface area contributed by atoms with Crippen LogP contribution in [0.4, 0.5) is 0 Å². The lowest BCUT2D eigenvalue weighted by atomic mass is 9.99. The van der Waals surface area contributed by atoms with Gasteiger partial charge in [-0.2, -0.15) is 0 Å². The normalized spacial score (nSPS) is 21.8. The van der Waals surface area contributed by atoms with Crippen molar-refractivity contribution in [2.45, 2.75) is 224 Å². The predicted molar refractivity (Wildman–Crippen MR) is 226 cm³/mol. The van der Waals surface area contributed by atoms with E-state index in [9.17, 15) is 30.3 Å². The van der Waals surface area contributed by atoms with Crippen LogP contribution < -0.4 is 5.32 Å². The Morgan fingerprint density at radius 3 is 1.58 bits per heavy atom. The molecule has 1 saturated heterocycles. The Kier molecular flexibility index (Phi) is 33.9. The lowest BCUT2D eigenvalue weighted by Gasteiger charge is -2.40. The van der Waals surface area contributed by atoms with Crippen LogP contribution >= 0.6 is 0 Å². The largest absolute Gasteiger partial charge is 0.394 e. The SMILES string of the molecule is CCCCCCC/C=C\C/C=C\C/C=C\CCCCCCCCCCCCC(=O)NC(COC1OC(CO)C(O)C(O)C1O)C(O)/C=C/CCCCCCC. The van der Waals surface area contributed by atoms with Crippen molar-refractivity contribution in [3.8, 4) is 0 Å². The summed E-state index contributed by atoms with van der Waals surface area (Å²) in [6.45, 7) is 3.68. The maximum absolute atomic E-state index is 12.9. The third kappa shape index (κ3) is 27.4. The van der Waals surface area contributed by atoms with Gasteiger partial charge in [0.2, 0.25) is 5.91 Å². The van der Waals surface area contributed by atoms with Gasteiger partial charge in [0, 0.05) is 6.42 Å². The zero-order valence-corrected chi connectivity index (χ0v) is 34.9. The van der Waals surface area contributed by atoms with E-state index in [-0.39, 0.29) is 12.5 Å². The molecular weight excluding hydrogens is 695 g/mol. The fraction of sp³-hybridized carbons (Fsp3) is 0.804. The summed E-state index contributed by atoms with van der Waals surface area (Å²) in [5.41, 5.74) is 0. The standard InChI is InChI=1S/C46H83NO8/c1-3-5-7-9-11-12-13-14-15-16-17-18-19-20-21-22-23-24-25-26-27-28-30-32-34-36-42(50)47-39(40(49)35-33-31-29-10-8-6-4-2)38-54-46-45(53)44(52)43(51)41(37-48)55-46/h13-14,16-17,19-20,33,35,39-41,43-46,48-49,51-53H,3-12,15,18,21-32,34,36-38H2,1-2H3,(H,47,50)/b14-13-,17-16-,20-19-,35-33+. The number of carbonyl (C=O) groups is 1. The Morgan fingerprint density at radius 1 is 0.618 bits per heavy atom. The molecule has 0 spiro atoms. The number of hydrogen-bond acceptors (Lipinski definition) is 8. The van der Waals surface area contributed by atoms with E-state index < -0.39 is 49.5 Å². The van der Waals surface area contributed by atoms with E-state index in [0.717, 1.165) is 51.4 Å². The summed E-state index contributed by atoms with van der Waals surface area (Å²) in [5.74, 6) is -0.188. The average molecular weight is 778 g/mol. The first-order chi connectivity index (χ1) is 26.8. The Labute approximate surface area is 335 Å². The van der Waals surface area contributed by atoms with Crippen molar-refractivity contribution < 1.29 is 39.8 Å². The number of aliphatic hydroxyl groups excluding tert-OH is 5. The number of carbonyl (C=O) groups excluding carboxylic acids is 1. The molecule has 0 radical (unpaired) electrons. The number of ether oxygens (including phenoxy) is 2. The molecule has 0 aliphatic carbocycles. The fourth-order valence-electron chi connectivity index (χ4n) is 6.75. The summed E-state index contributed by atoms with van der Waals surface area (Å²) in [5, 5.41) is 53.8. The smallest absolute Gasteiger partial charge is 0.220 e. The first kappa shape index (κ1) is 51.2. The average Bonchev–Trinajstić information content (AvgIpc) is 3.18. The second kappa shape index (κ2) is 36.5. The van der Waals surface area contributed by atoms with Crippen molar-refractivity contribution in [3.63, 3.8) is 0 Å². The van der Waals surface area contributed by atoms with Gasteiger partial charge < -0.3 is 40.3 Å². The summed E-state index contributed by atoms with van der Waals surface area (Å²) in [6.07, 6.45) is 39.0. The molecule has 1 aliphatic rings. The maximum atomic E-state index is 12.9. The van der Waals surface area contributed by atoms with Crippen LogP contribution in [0.2, 0.25) is 0 Å². The highest BCUT2D eigenvalue weighted by Gasteiger charge is 2.44. The summed E-state index contributed by atoms with van der Waals surface area (Å²) in [6, 6.07) is -0.804. The second-order valence-electron chi connectivity index (χ2n) is 15.5. The number of hydrogen-bond donors (Lipinski definition) is 6. The van der Waals surface area contributed by atoms with Crippen molar-refractivity contribution >= 4 is 5.91 Å². The number of unbranched alkanes of at least 4 members (excludes halogenated alkanes) is 20. The van der Waals surface area contributed by atoms with E-state index >= 15 is 0 Å². The molecule has 0 saturated carbocycles. The van der Waals surface area contributed by atoms with Crippen LogP contribution in [0.25, 0.3) is 0 Å². The van der Waals surface area contributed by atoms with Gasteiger partial charge in [0.1, 0.15) is 24.4 Å². The van der Waals surface area contributed by atoms with E-state index in [1.54, 1.807) is 6.08 Å². The molecule has 1 aliphatic heterocycles. The molecule has 7 atom stereocenters. The summed E-state index contributed by atoms with van der Waals surface area (Å²) < 4.78 is 11.1. The summed E-state index contributed by atoms with van der Waals surface area (Å²) in [4.78, 5) is 12.9. The summed E-state index contributed by atoms with van der Waals surface area (Å²) >= 11 is 0. The Balaban J connectivity index is 2.21. The zero-order chi connectivity index (χ0) is 40.2. The zero-order valence-electron chi connectivity index (χ0n) is 34.9. The van der Waals surface area contributed by atoms with Crippen molar-refractivity contribution in [1.29, 1.82) is 0 Å². The van der Waals surface area contributed by atoms with Crippen molar-refractivity contribution in [2.75, 3.05) is 13.2 Å². The lowest BCUT2D eigenvalue weighted by Crippen LogP contribution is -2.60. The summed E-state index contributed by atoms with van der Waals surface area (Å²) in [7, 11) is 0. The molecule has 0 aromatic heterocycles. The maximum Gasteiger partial charge on any atom is 0.220 e. The van der Waals surface area contributed by atoms with Crippen LogP contribution in [-0.2, 0) is 14.3 Å². The quantitative estimate of drug-likeness (QED) is 0.0273. The highest BCUT2D eigenvalue weighted by atomic mass is 16.7. The molecule has 7 unspecified atom stereocenters. The van der Waals surface area contributed by atoms with E-state index in [1.807, 2.05) is 6.08 Å². The molecule has 9 heteroatoms. The Bertz CT molecular complexity index is 998. The molecule has 9 nitrogen and oxygen atoms in total. The molecule has 1 heterocycles. The van der Waals surface area contributed by atoms with E-state index in [2.05, 4.69) is 55.6 Å². The van der Waals surface area contributed by atoms with Gasteiger partial charge in [-0.25, -0.2) is 0 Å². The molecule has 0 bridgehead atoms. The number of aliphatic hydroxyl groups is 5. The van der Waals surface area contributed by atoms with Gasteiger partial charge in [-0.05, 0) is 57.8 Å². The number of rotatable bonds is 36. The minimum atomic E-state index is -1.57. The minimum absolute atomic E-state index is 0.188. The topological polar surface area (TPSA) is 149 Å². The highest BCUT2D eigenvalue weighted by Crippen LogP contribution is 2.22. The molecule has 320 valence electrons. The van der Waals surface area contributed by atoms with E-state index in [0.29, 0.717) is 6.42 Å². The third-order valence-electron chi connectivity index (χ3n) is 10.4. The molecule has 55 heavy (non-hydrogen) atoms. The van der Waals surface area contributed by atoms with Gasteiger partial charge in [0.15, 0.2) is 6.29 Å². The van der Waals surface area contributed by atoms with Crippen LogP contribution in [0.5, 0.6) is 0 Å².